The summed E-state index contributed by atoms with van der Waals surface area (Å²) in [6.07, 6.45) is -3.31. The van der Waals surface area contributed by atoms with E-state index in [2.05, 4.69) is 9.97 Å². The minimum Gasteiger partial charge on any atom is -0.459 e. The van der Waals surface area contributed by atoms with Gasteiger partial charge in [0.15, 0.2) is 5.69 Å². The van der Waals surface area contributed by atoms with E-state index in [-0.39, 0.29) is 11.4 Å². The predicted octanol–water partition coefficient (Wildman–Crippen LogP) is 4.39. The smallest absolute Gasteiger partial charge is 0.433 e. The second kappa shape index (κ2) is 8.87. The molecule has 1 atom stereocenters. The second-order valence-electron chi connectivity index (χ2n) is 7.36. The summed E-state index contributed by atoms with van der Waals surface area (Å²) in [7, 11) is -3.79. The molecule has 10 heteroatoms. The fourth-order valence-electron chi connectivity index (χ4n) is 3.52. The molecule has 2 aromatic carbocycles. The lowest BCUT2D eigenvalue weighted by Gasteiger charge is -2.31. The van der Waals surface area contributed by atoms with E-state index in [0.29, 0.717) is 19.4 Å². The lowest BCUT2D eigenvalue weighted by molar-refractivity contribution is -0.141. The van der Waals surface area contributed by atoms with Crippen molar-refractivity contribution in [1.82, 2.24) is 14.3 Å². The Bertz CT molecular complexity index is 1170. The number of halogens is 3. The maximum absolute atomic E-state index is 13.1. The van der Waals surface area contributed by atoms with Gasteiger partial charge in [-0.3, -0.25) is 0 Å². The number of rotatable bonds is 5. The number of nitrogens with zero attached hydrogens (tertiary/aromatic N) is 3. The molecule has 0 amide bonds. The standard InChI is InChI=1S/C22H20F3N3O3S/c23-22(24,25)20-12-13-26-21(27-20)31-18-7-4-14-28(15-18)32(29,30)19-10-8-17(9-11-19)16-5-2-1-3-6-16/h1-3,5-6,8-13,18H,4,7,14-15H2. The number of aromatic nitrogens is 2. The van der Waals surface area contributed by atoms with Crippen LogP contribution in [0, 0.1) is 0 Å². The molecule has 168 valence electrons. The average Bonchev–Trinajstić information content (AvgIpc) is 2.79. The number of alkyl halides is 3. The van der Waals surface area contributed by atoms with Crippen LogP contribution in [0.25, 0.3) is 11.1 Å². The minimum atomic E-state index is -4.62. The van der Waals surface area contributed by atoms with Gasteiger partial charge in [-0.25, -0.2) is 13.4 Å². The van der Waals surface area contributed by atoms with E-state index in [1.54, 1.807) is 24.3 Å². The van der Waals surface area contributed by atoms with Gasteiger partial charge in [0.05, 0.1) is 11.4 Å². The molecule has 0 aliphatic carbocycles. The van der Waals surface area contributed by atoms with Crippen molar-refractivity contribution in [3.05, 3.63) is 72.6 Å². The molecule has 0 saturated carbocycles. The van der Waals surface area contributed by atoms with Crippen molar-refractivity contribution in [2.24, 2.45) is 0 Å². The van der Waals surface area contributed by atoms with Crippen molar-refractivity contribution in [3.63, 3.8) is 0 Å². The molecular weight excluding hydrogens is 443 g/mol. The molecule has 1 aromatic heterocycles. The second-order valence-corrected chi connectivity index (χ2v) is 9.30. The zero-order chi connectivity index (χ0) is 22.8. The van der Waals surface area contributed by atoms with Gasteiger partial charge in [0, 0.05) is 12.7 Å². The van der Waals surface area contributed by atoms with E-state index in [0.717, 1.165) is 23.4 Å². The van der Waals surface area contributed by atoms with E-state index in [1.165, 1.54) is 4.31 Å². The third kappa shape index (κ3) is 4.91. The molecule has 1 aliphatic heterocycles. The Hall–Kier alpha value is -2.98. The summed E-state index contributed by atoms with van der Waals surface area (Å²) in [5, 5.41) is 0. The summed E-state index contributed by atoms with van der Waals surface area (Å²) in [6.45, 7) is 0.300. The minimum absolute atomic E-state index is 0.00236. The van der Waals surface area contributed by atoms with Gasteiger partial charge in [-0.15, -0.1) is 0 Å². The lowest BCUT2D eigenvalue weighted by atomic mass is 10.1. The molecule has 0 spiro atoms. The first-order chi connectivity index (χ1) is 15.2. The van der Waals surface area contributed by atoms with Crippen molar-refractivity contribution in [2.75, 3.05) is 13.1 Å². The molecule has 0 bridgehead atoms. The number of benzene rings is 2. The Morgan fingerprint density at radius 1 is 0.969 bits per heavy atom. The molecule has 1 saturated heterocycles. The molecule has 2 heterocycles. The zero-order valence-corrected chi connectivity index (χ0v) is 17.7. The van der Waals surface area contributed by atoms with Gasteiger partial charge in [-0.2, -0.15) is 22.5 Å². The largest absolute Gasteiger partial charge is 0.459 e. The van der Waals surface area contributed by atoms with Crippen LogP contribution < -0.4 is 4.74 Å². The molecule has 0 N–H and O–H groups in total. The van der Waals surface area contributed by atoms with Crippen molar-refractivity contribution in [3.8, 4) is 17.1 Å². The molecule has 1 aliphatic rings. The van der Waals surface area contributed by atoms with Gasteiger partial charge in [0.25, 0.3) is 0 Å². The molecule has 32 heavy (non-hydrogen) atoms. The Kier molecular flexibility index (Phi) is 6.16. The van der Waals surface area contributed by atoms with Crippen LogP contribution in [0.3, 0.4) is 0 Å². The van der Waals surface area contributed by atoms with Gasteiger partial charge in [-0.05, 0) is 42.2 Å². The SMILES string of the molecule is O=S(=O)(c1ccc(-c2ccccc2)cc1)N1CCCC(Oc2nccc(C(F)(F)F)n2)C1. The molecule has 4 rings (SSSR count). The Balaban J connectivity index is 1.48. The normalized spacial score (nSPS) is 17.8. The highest BCUT2D eigenvalue weighted by Gasteiger charge is 2.34. The van der Waals surface area contributed by atoms with E-state index in [1.807, 2.05) is 30.3 Å². The van der Waals surface area contributed by atoms with Crippen molar-refractivity contribution >= 4 is 10.0 Å². The molecule has 3 aromatic rings. The quantitative estimate of drug-likeness (QED) is 0.561. The average molecular weight is 463 g/mol. The highest BCUT2D eigenvalue weighted by molar-refractivity contribution is 7.89. The van der Waals surface area contributed by atoms with Gasteiger partial charge < -0.3 is 4.74 Å². The van der Waals surface area contributed by atoms with Gasteiger partial charge >= 0.3 is 12.2 Å². The maximum Gasteiger partial charge on any atom is 0.433 e. The number of sulfonamides is 1. The van der Waals surface area contributed by atoms with Gasteiger partial charge in [0.1, 0.15) is 6.10 Å². The molecule has 1 unspecified atom stereocenters. The number of piperidine rings is 1. The van der Waals surface area contributed by atoms with Crippen LogP contribution in [0.5, 0.6) is 6.01 Å². The van der Waals surface area contributed by atoms with Gasteiger partial charge in [0.2, 0.25) is 10.0 Å². The van der Waals surface area contributed by atoms with Crippen molar-refractivity contribution < 1.29 is 26.3 Å². The number of hydrogen-bond acceptors (Lipinski definition) is 5. The van der Waals surface area contributed by atoms with E-state index in [9.17, 15) is 21.6 Å². The van der Waals surface area contributed by atoms with Crippen LogP contribution in [0.2, 0.25) is 0 Å². The summed E-state index contributed by atoms with van der Waals surface area (Å²) < 4.78 is 71.6. The third-order valence-corrected chi connectivity index (χ3v) is 7.02. The summed E-state index contributed by atoms with van der Waals surface area (Å²) in [6, 6.07) is 16.5. The summed E-state index contributed by atoms with van der Waals surface area (Å²) in [5.74, 6) is 0. The summed E-state index contributed by atoms with van der Waals surface area (Å²) in [4.78, 5) is 7.27. The zero-order valence-electron chi connectivity index (χ0n) is 16.9. The van der Waals surface area contributed by atoms with E-state index >= 15 is 0 Å². The van der Waals surface area contributed by atoms with E-state index < -0.39 is 34.0 Å². The van der Waals surface area contributed by atoms with Crippen LogP contribution >= 0.6 is 0 Å². The highest BCUT2D eigenvalue weighted by atomic mass is 32.2. The van der Waals surface area contributed by atoms with Crippen molar-refractivity contribution in [2.45, 2.75) is 30.0 Å². The molecule has 6 nitrogen and oxygen atoms in total. The Labute approximate surface area is 183 Å². The molecular formula is C22H20F3N3O3S. The predicted molar refractivity (Wildman–Crippen MR) is 111 cm³/mol. The van der Waals surface area contributed by atoms with Gasteiger partial charge in [-0.1, -0.05) is 42.5 Å². The third-order valence-electron chi connectivity index (χ3n) is 5.14. The van der Waals surface area contributed by atoms with Crippen LogP contribution in [-0.2, 0) is 16.2 Å². The number of hydrogen-bond donors (Lipinski definition) is 0. The first kappa shape index (κ1) is 22.2. The summed E-state index contributed by atoms with van der Waals surface area (Å²) >= 11 is 0. The van der Waals surface area contributed by atoms with Crippen LogP contribution in [0.15, 0.2) is 71.8 Å². The Morgan fingerprint density at radius 3 is 2.34 bits per heavy atom. The molecule has 0 radical (unpaired) electrons. The summed E-state index contributed by atoms with van der Waals surface area (Å²) in [5.41, 5.74) is 0.761. The fraction of sp³-hybridized carbons (Fsp3) is 0.273. The molecule has 1 fully saturated rings. The monoisotopic (exact) mass is 463 g/mol. The highest BCUT2D eigenvalue weighted by Crippen LogP contribution is 2.29. The van der Waals surface area contributed by atoms with Crippen LogP contribution in [-0.4, -0.2) is 41.9 Å². The first-order valence-corrected chi connectivity index (χ1v) is 11.4. The van der Waals surface area contributed by atoms with Crippen LogP contribution in [0.4, 0.5) is 13.2 Å². The maximum atomic E-state index is 13.1. The topological polar surface area (TPSA) is 72.4 Å². The van der Waals surface area contributed by atoms with E-state index in [4.69, 9.17) is 4.74 Å². The first-order valence-electron chi connectivity index (χ1n) is 9.96. The van der Waals surface area contributed by atoms with Crippen LogP contribution in [0.1, 0.15) is 18.5 Å². The lowest BCUT2D eigenvalue weighted by Crippen LogP contribution is -2.44. The van der Waals surface area contributed by atoms with Crippen molar-refractivity contribution in [1.29, 1.82) is 0 Å². The number of ether oxygens (including phenoxy) is 1. The Morgan fingerprint density at radius 2 is 1.66 bits per heavy atom. The fourth-order valence-corrected chi connectivity index (χ4v) is 5.03.